The lowest BCUT2D eigenvalue weighted by Gasteiger charge is -2.10. The Hall–Kier alpha value is -5.74. The van der Waals surface area contributed by atoms with E-state index in [9.17, 15) is 0 Å². The van der Waals surface area contributed by atoms with Crippen LogP contribution in [0.5, 0.6) is 0 Å². The highest BCUT2D eigenvalue weighted by Gasteiger charge is 2.07. The monoisotopic (exact) mass is 652 g/mol. The minimum Gasteiger partial charge on any atom is -0.260 e. The van der Waals surface area contributed by atoms with Crippen LogP contribution in [0.25, 0.3) is 32.7 Å². The van der Waals surface area contributed by atoms with Gasteiger partial charge in [-0.2, -0.15) is 0 Å². The minimum absolute atomic E-state index is 0.397. The molecule has 0 bridgehead atoms. The SMILES string of the molecule is C/C(=C(\C)c1ccc(C=Nc2cccc3c(N=CC(C)C)cccc23)cc1)c1ccc(C=Nc2cccc3c(N=CC(C)C)cccc23)cc1. The van der Waals surface area contributed by atoms with Crippen molar-refractivity contribution in [1.82, 2.24) is 0 Å². The van der Waals surface area contributed by atoms with Gasteiger partial charge in [-0.1, -0.05) is 125 Å². The van der Waals surface area contributed by atoms with Gasteiger partial charge in [0.1, 0.15) is 0 Å². The van der Waals surface area contributed by atoms with Crippen molar-refractivity contribution in [2.75, 3.05) is 0 Å². The maximum absolute atomic E-state index is 4.87. The highest BCUT2D eigenvalue weighted by atomic mass is 14.7. The maximum atomic E-state index is 4.87. The summed E-state index contributed by atoms with van der Waals surface area (Å²) in [5.41, 5.74) is 10.8. The molecule has 0 heterocycles. The fraction of sp³-hybridized carbons (Fsp3) is 0.174. The van der Waals surface area contributed by atoms with Gasteiger partial charge < -0.3 is 0 Å². The Balaban J connectivity index is 1.16. The topological polar surface area (TPSA) is 49.4 Å². The van der Waals surface area contributed by atoms with Gasteiger partial charge in [0.15, 0.2) is 0 Å². The molecule has 0 aromatic heterocycles. The van der Waals surface area contributed by atoms with Crippen LogP contribution in [-0.4, -0.2) is 24.9 Å². The Bertz CT molecular complexity index is 2100. The molecule has 6 rings (SSSR count). The molecule has 0 aliphatic rings. The number of fused-ring (bicyclic) bond motifs is 2. The Morgan fingerprint density at radius 3 is 1.00 bits per heavy atom. The van der Waals surface area contributed by atoms with Crippen molar-refractivity contribution < 1.29 is 0 Å². The molecule has 0 unspecified atom stereocenters. The highest BCUT2D eigenvalue weighted by molar-refractivity contribution is 6.03. The Morgan fingerprint density at radius 1 is 0.400 bits per heavy atom. The van der Waals surface area contributed by atoms with Crippen molar-refractivity contribution >= 4 is 80.3 Å². The van der Waals surface area contributed by atoms with Crippen LogP contribution in [-0.2, 0) is 0 Å². The Morgan fingerprint density at radius 2 is 0.700 bits per heavy atom. The second kappa shape index (κ2) is 15.7. The lowest BCUT2D eigenvalue weighted by atomic mass is 9.96. The minimum atomic E-state index is 0.397. The van der Waals surface area contributed by atoms with Crippen LogP contribution in [0.1, 0.15) is 63.8 Å². The van der Waals surface area contributed by atoms with E-state index < -0.39 is 0 Å². The number of hydrogen-bond acceptors (Lipinski definition) is 4. The van der Waals surface area contributed by atoms with Gasteiger partial charge in [-0.15, -0.1) is 0 Å². The van der Waals surface area contributed by atoms with E-state index >= 15 is 0 Å². The highest BCUT2D eigenvalue weighted by Crippen LogP contribution is 2.34. The average Bonchev–Trinajstić information content (AvgIpc) is 3.14. The molecule has 0 fully saturated rings. The van der Waals surface area contributed by atoms with Crippen molar-refractivity contribution in [3.05, 3.63) is 144 Å². The van der Waals surface area contributed by atoms with Gasteiger partial charge in [-0.25, -0.2) is 0 Å². The van der Waals surface area contributed by atoms with Crippen molar-refractivity contribution in [1.29, 1.82) is 0 Å². The molecule has 0 saturated carbocycles. The van der Waals surface area contributed by atoms with E-state index in [0.717, 1.165) is 55.4 Å². The molecule has 0 amide bonds. The number of aliphatic imine (C=N–C) groups is 4. The smallest absolute Gasteiger partial charge is 0.0709 e. The summed E-state index contributed by atoms with van der Waals surface area (Å²) in [4.78, 5) is 19.2. The van der Waals surface area contributed by atoms with Crippen LogP contribution >= 0.6 is 0 Å². The van der Waals surface area contributed by atoms with Crippen molar-refractivity contribution in [2.24, 2.45) is 31.8 Å². The van der Waals surface area contributed by atoms with Crippen molar-refractivity contribution in [3.8, 4) is 0 Å². The van der Waals surface area contributed by atoms with E-state index in [2.05, 4.69) is 139 Å². The summed E-state index contributed by atoms with van der Waals surface area (Å²) in [7, 11) is 0. The summed E-state index contributed by atoms with van der Waals surface area (Å²) in [5, 5.41) is 4.41. The summed E-state index contributed by atoms with van der Waals surface area (Å²) >= 11 is 0. The molecule has 6 aromatic carbocycles. The standard InChI is InChI=1S/C46H44N4/c1-31(2)27-47-43-15-7-13-41-39(43)11-9-17-45(41)49-29-35-19-23-37(24-20-35)33(5)34(6)38-25-21-36(22-26-38)30-50-46-18-10-12-40-42(46)14-8-16-44(40)48-28-32(3)4/h7-32H,1-6H3/b34-33-,47-27?,48-28?,49-29?,50-30?. The van der Waals surface area contributed by atoms with E-state index in [4.69, 9.17) is 20.0 Å². The molecule has 0 atom stereocenters. The molecule has 0 spiro atoms. The van der Waals surface area contributed by atoms with E-state index in [0.29, 0.717) is 11.8 Å². The number of benzene rings is 6. The van der Waals surface area contributed by atoms with E-state index in [1.807, 2.05) is 49.1 Å². The van der Waals surface area contributed by atoms with Crippen molar-refractivity contribution in [2.45, 2.75) is 41.5 Å². The van der Waals surface area contributed by atoms with Gasteiger partial charge in [0.2, 0.25) is 0 Å². The molecular weight excluding hydrogens is 609 g/mol. The number of hydrogen-bond donors (Lipinski definition) is 0. The third kappa shape index (κ3) is 8.10. The first-order valence-corrected chi connectivity index (χ1v) is 17.3. The van der Waals surface area contributed by atoms with Crippen LogP contribution < -0.4 is 0 Å². The fourth-order valence-electron chi connectivity index (χ4n) is 5.82. The number of nitrogens with zero attached hydrogens (tertiary/aromatic N) is 4. The molecule has 6 aromatic rings. The quantitative estimate of drug-likeness (QED) is 0.104. The molecule has 4 nitrogen and oxygen atoms in total. The second-order valence-corrected chi connectivity index (χ2v) is 13.4. The summed E-state index contributed by atoms with van der Waals surface area (Å²) in [6.45, 7) is 12.9. The maximum Gasteiger partial charge on any atom is 0.0709 e. The van der Waals surface area contributed by atoms with Crippen LogP contribution in [0.4, 0.5) is 22.7 Å². The largest absolute Gasteiger partial charge is 0.260 e. The van der Waals surface area contributed by atoms with Crippen LogP contribution in [0.2, 0.25) is 0 Å². The predicted octanol–water partition coefficient (Wildman–Crippen LogP) is 13.2. The normalized spacial score (nSPS) is 13.0. The lowest BCUT2D eigenvalue weighted by Crippen LogP contribution is -1.89. The molecule has 0 N–H and O–H groups in total. The second-order valence-electron chi connectivity index (χ2n) is 13.4. The third-order valence-corrected chi connectivity index (χ3v) is 8.73. The van der Waals surface area contributed by atoms with Crippen LogP contribution in [0.15, 0.2) is 141 Å². The number of allylic oxidation sites excluding steroid dienone is 2. The lowest BCUT2D eigenvalue weighted by molar-refractivity contribution is 0.908. The van der Waals surface area contributed by atoms with E-state index in [-0.39, 0.29) is 0 Å². The summed E-state index contributed by atoms with van der Waals surface area (Å²) in [6, 6.07) is 42.1. The average molecular weight is 653 g/mol. The first-order chi connectivity index (χ1) is 24.3. The molecule has 0 aliphatic heterocycles. The molecule has 4 heteroatoms. The summed E-state index contributed by atoms with van der Waals surface area (Å²) < 4.78 is 0. The van der Waals surface area contributed by atoms with Gasteiger partial charge in [0.25, 0.3) is 0 Å². The van der Waals surface area contributed by atoms with E-state index in [1.165, 1.54) is 22.3 Å². The Kier molecular flexibility index (Phi) is 10.7. The number of rotatable bonds is 10. The predicted molar refractivity (Wildman–Crippen MR) is 219 cm³/mol. The zero-order valence-electron chi connectivity index (χ0n) is 29.8. The van der Waals surface area contributed by atoms with Gasteiger partial charge in [0, 0.05) is 46.4 Å². The van der Waals surface area contributed by atoms with E-state index in [1.54, 1.807) is 0 Å². The summed E-state index contributed by atoms with van der Waals surface area (Å²) in [6.07, 6.45) is 7.85. The molecular formula is C46H44N4. The third-order valence-electron chi connectivity index (χ3n) is 8.73. The molecule has 0 aliphatic carbocycles. The first-order valence-electron chi connectivity index (χ1n) is 17.3. The molecule has 0 radical (unpaired) electrons. The summed E-state index contributed by atoms with van der Waals surface area (Å²) in [5.74, 6) is 0.795. The van der Waals surface area contributed by atoms with Gasteiger partial charge in [-0.05, 0) is 83.3 Å². The van der Waals surface area contributed by atoms with Crippen LogP contribution in [0.3, 0.4) is 0 Å². The Labute approximate surface area is 296 Å². The fourth-order valence-corrected chi connectivity index (χ4v) is 5.82. The van der Waals surface area contributed by atoms with Crippen LogP contribution in [0, 0.1) is 11.8 Å². The van der Waals surface area contributed by atoms with Gasteiger partial charge >= 0.3 is 0 Å². The molecule has 50 heavy (non-hydrogen) atoms. The zero-order valence-corrected chi connectivity index (χ0v) is 29.8. The first kappa shape index (κ1) is 34.1. The molecule has 0 saturated heterocycles. The van der Waals surface area contributed by atoms with Gasteiger partial charge in [0.05, 0.1) is 22.7 Å². The van der Waals surface area contributed by atoms with Gasteiger partial charge in [-0.3, -0.25) is 20.0 Å². The molecule has 248 valence electrons. The zero-order chi connectivity index (χ0) is 35.0. The van der Waals surface area contributed by atoms with Crippen molar-refractivity contribution in [3.63, 3.8) is 0 Å².